The Morgan fingerprint density at radius 1 is 1.00 bits per heavy atom. The van der Waals surface area contributed by atoms with E-state index >= 15 is 0 Å². The van der Waals surface area contributed by atoms with E-state index in [9.17, 15) is 5.11 Å². The van der Waals surface area contributed by atoms with Crippen molar-refractivity contribution in [2.75, 3.05) is 0 Å². The van der Waals surface area contributed by atoms with Gasteiger partial charge in [0.1, 0.15) is 6.61 Å². The number of para-hydroxylation sites is 1. The fourth-order valence-electron chi connectivity index (χ4n) is 2.11. The first kappa shape index (κ1) is 14.1. The molecule has 2 aromatic carbocycles. The minimum Gasteiger partial charge on any atom is -0.388 e. The van der Waals surface area contributed by atoms with E-state index < -0.39 is 0 Å². The monoisotopic (exact) mass is 319 g/mol. The highest BCUT2D eigenvalue weighted by atomic mass is 35.5. The number of aromatic nitrogens is 3. The van der Waals surface area contributed by atoms with Crippen LogP contribution in [0.4, 0.5) is 0 Å². The largest absolute Gasteiger partial charge is 0.388 e. The molecule has 0 spiro atoms. The molecule has 0 atom stereocenters. The Kier molecular flexibility index (Phi) is 3.92. The zero-order chi connectivity index (χ0) is 14.8. The summed E-state index contributed by atoms with van der Waals surface area (Å²) in [4.78, 5) is 0. The van der Waals surface area contributed by atoms with Crippen molar-refractivity contribution < 1.29 is 5.11 Å². The Morgan fingerprint density at radius 2 is 1.76 bits per heavy atom. The molecule has 0 aliphatic rings. The van der Waals surface area contributed by atoms with Crippen LogP contribution in [-0.4, -0.2) is 19.9 Å². The van der Waals surface area contributed by atoms with Crippen LogP contribution in [0.25, 0.3) is 17.1 Å². The van der Waals surface area contributed by atoms with Gasteiger partial charge in [-0.05, 0) is 30.3 Å². The third-order valence-electron chi connectivity index (χ3n) is 3.06. The number of hydrogen-bond donors (Lipinski definition) is 1. The summed E-state index contributed by atoms with van der Waals surface area (Å²) in [5.74, 6) is 1.01. The Balaban J connectivity index is 2.22. The van der Waals surface area contributed by atoms with E-state index in [1.54, 1.807) is 22.8 Å². The maximum Gasteiger partial charge on any atom is 0.170 e. The molecule has 0 saturated carbocycles. The van der Waals surface area contributed by atoms with Crippen LogP contribution in [-0.2, 0) is 6.61 Å². The van der Waals surface area contributed by atoms with Crippen LogP contribution < -0.4 is 0 Å². The molecule has 6 heteroatoms. The average Bonchev–Trinajstić information content (AvgIpc) is 2.92. The molecule has 1 N–H and O–H groups in total. The molecule has 1 heterocycles. The number of aliphatic hydroxyl groups is 1. The van der Waals surface area contributed by atoms with Gasteiger partial charge in [-0.1, -0.05) is 41.4 Å². The van der Waals surface area contributed by atoms with E-state index in [0.717, 1.165) is 5.69 Å². The number of hydrogen-bond acceptors (Lipinski definition) is 3. The fraction of sp³-hybridized carbons (Fsp3) is 0.0667. The molecule has 0 fully saturated rings. The van der Waals surface area contributed by atoms with Crippen LogP contribution in [0.2, 0.25) is 10.0 Å². The third-order valence-corrected chi connectivity index (χ3v) is 3.61. The molecular weight excluding hydrogens is 309 g/mol. The highest BCUT2D eigenvalue weighted by Crippen LogP contribution is 2.31. The fourth-order valence-corrected chi connectivity index (χ4v) is 2.61. The van der Waals surface area contributed by atoms with E-state index in [1.807, 2.05) is 30.3 Å². The van der Waals surface area contributed by atoms with Crippen molar-refractivity contribution in [1.82, 2.24) is 14.8 Å². The highest BCUT2D eigenvalue weighted by molar-refractivity contribution is 6.36. The topological polar surface area (TPSA) is 50.9 Å². The van der Waals surface area contributed by atoms with Crippen LogP contribution in [0.5, 0.6) is 0 Å². The lowest BCUT2D eigenvalue weighted by molar-refractivity contribution is 0.269. The van der Waals surface area contributed by atoms with Gasteiger partial charge in [-0.3, -0.25) is 4.57 Å². The number of rotatable bonds is 3. The zero-order valence-electron chi connectivity index (χ0n) is 10.9. The van der Waals surface area contributed by atoms with Crippen molar-refractivity contribution >= 4 is 23.2 Å². The smallest absolute Gasteiger partial charge is 0.170 e. The molecule has 3 rings (SSSR count). The molecule has 0 aliphatic carbocycles. The van der Waals surface area contributed by atoms with E-state index in [4.69, 9.17) is 23.2 Å². The summed E-state index contributed by atoms with van der Waals surface area (Å²) < 4.78 is 1.77. The molecule has 0 aliphatic heterocycles. The van der Waals surface area contributed by atoms with Crippen LogP contribution in [0, 0.1) is 0 Å². The van der Waals surface area contributed by atoms with Gasteiger partial charge in [0.05, 0.1) is 5.02 Å². The van der Waals surface area contributed by atoms with Crippen LogP contribution in [0.1, 0.15) is 5.82 Å². The number of benzene rings is 2. The lowest BCUT2D eigenvalue weighted by Crippen LogP contribution is -2.03. The first-order chi connectivity index (χ1) is 10.2. The van der Waals surface area contributed by atoms with E-state index in [1.165, 1.54) is 0 Å². The first-order valence-electron chi connectivity index (χ1n) is 6.26. The minimum atomic E-state index is -0.215. The molecule has 0 unspecified atom stereocenters. The number of halogens is 2. The Labute approximate surface area is 131 Å². The molecule has 0 saturated heterocycles. The predicted molar refractivity (Wildman–Crippen MR) is 82.7 cm³/mol. The normalized spacial score (nSPS) is 10.8. The van der Waals surface area contributed by atoms with Gasteiger partial charge in [-0.15, -0.1) is 10.2 Å². The van der Waals surface area contributed by atoms with Gasteiger partial charge in [0, 0.05) is 16.3 Å². The lowest BCUT2D eigenvalue weighted by atomic mass is 10.2. The first-order valence-corrected chi connectivity index (χ1v) is 7.02. The van der Waals surface area contributed by atoms with Gasteiger partial charge < -0.3 is 5.11 Å². The summed E-state index contributed by atoms with van der Waals surface area (Å²) in [5, 5.41) is 18.7. The Hall–Kier alpha value is -1.88. The Morgan fingerprint density at radius 3 is 2.43 bits per heavy atom. The lowest BCUT2D eigenvalue weighted by Gasteiger charge is -2.10. The molecule has 0 bridgehead atoms. The summed E-state index contributed by atoms with van der Waals surface area (Å²) in [6, 6.07) is 14.7. The van der Waals surface area contributed by atoms with Crippen LogP contribution in [0.15, 0.2) is 48.5 Å². The molecule has 3 aromatic rings. The quantitative estimate of drug-likeness (QED) is 0.800. The highest BCUT2D eigenvalue weighted by Gasteiger charge is 2.17. The van der Waals surface area contributed by atoms with Gasteiger partial charge in [-0.25, -0.2) is 0 Å². The Bertz CT molecular complexity index is 772. The van der Waals surface area contributed by atoms with Crippen LogP contribution >= 0.6 is 23.2 Å². The standard InChI is InChI=1S/C15H11Cl2N3O/c16-10-6-7-12(13(17)8-10)15-19-18-14(9-21)20(15)11-4-2-1-3-5-11/h1-8,21H,9H2. The molecular formula is C15H11Cl2N3O. The zero-order valence-corrected chi connectivity index (χ0v) is 12.4. The molecule has 0 amide bonds. The van der Waals surface area contributed by atoms with Crippen molar-refractivity contribution in [3.63, 3.8) is 0 Å². The van der Waals surface area contributed by atoms with Gasteiger partial charge in [0.15, 0.2) is 11.6 Å². The minimum absolute atomic E-state index is 0.215. The summed E-state index contributed by atoms with van der Waals surface area (Å²) in [5.41, 5.74) is 1.56. The SMILES string of the molecule is OCc1nnc(-c2ccc(Cl)cc2Cl)n1-c1ccccc1. The van der Waals surface area contributed by atoms with E-state index in [0.29, 0.717) is 27.3 Å². The predicted octanol–water partition coefficient (Wildman–Crippen LogP) is 3.73. The number of aliphatic hydroxyl groups excluding tert-OH is 1. The second-order valence-electron chi connectivity index (χ2n) is 4.39. The summed E-state index contributed by atoms with van der Waals surface area (Å²) >= 11 is 12.2. The van der Waals surface area contributed by atoms with Gasteiger partial charge >= 0.3 is 0 Å². The molecule has 4 nitrogen and oxygen atoms in total. The second kappa shape index (κ2) is 5.85. The maximum absolute atomic E-state index is 9.48. The van der Waals surface area contributed by atoms with Gasteiger partial charge in [0.25, 0.3) is 0 Å². The maximum atomic E-state index is 9.48. The van der Waals surface area contributed by atoms with Crippen molar-refractivity contribution in [3.8, 4) is 17.1 Å². The summed E-state index contributed by atoms with van der Waals surface area (Å²) in [6.07, 6.45) is 0. The molecule has 0 radical (unpaired) electrons. The van der Waals surface area contributed by atoms with Gasteiger partial charge in [-0.2, -0.15) is 0 Å². The third kappa shape index (κ3) is 2.65. The van der Waals surface area contributed by atoms with Gasteiger partial charge in [0.2, 0.25) is 0 Å². The van der Waals surface area contributed by atoms with E-state index in [-0.39, 0.29) is 6.61 Å². The second-order valence-corrected chi connectivity index (χ2v) is 5.24. The summed E-state index contributed by atoms with van der Waals surface area (Å²) in [6.45, 7) is -0.215. The summed E-state index contributed by atoms with van der Waals surface area (Å²) in [7, 11) is 0. The number of nitrogens with zero attached hydrogens (tertiary/aromatic N) is 3. The van der Waals surface area contributed by atoms with E-state index in [2.05, 4.69) is 10.2 Å². The van der Waals surface area contributed by atoms with Crippen molar-refractivity contribution in [2.24, 2.45) is 0 Å². The van der Waals surface area contributed by atoms with Crippen molar-refractivity contribution in [2.45, 2.75) is 6.61 Å². The molecule has 21 heavy (non-hydrogen) atoms. The average molecular weight is 320 g/mol. The van der Waals surface area contributed by atoms with Crippen molar-refractivity contribution in [3.05, 3.63) is 64.4 Å². The van der Waals surface area contributed by atoms with Crippen molar-refractivity contribution in [1.29, 1.82) is 0 Å². The van der Waals surface area contributed by atoms with Crippen LogP contribution in [0.3, 0.4) is 0 Å². The molecule has 1 aromatic heterocycles. The molecule has 106 valence electrons.